The second-order valence-corrected chi connectivity index (χ2v) is 5.46. The van der Waals surface area contributed by atoms with Gasteiger partial charge in [0.05, 0.1) is 6.10 Å². The predicted octanol–water partition coefficient (Wildman–Crippen LogP) is 2.56. The molecule has 2 rings (SSSR count). The molecule has 104 valence electrons. The first-order valence-electron chi connectivity index (χ1n) is 7.01. The summed E-state index contributed by atoms with van der Waals surface area (Å²) in [7, 11) is 0. The molecule has 0 saturated carbocycles. The summed E-state index contributed by atoms with van der Waals surface area (Å²) in [6, 6.07) is 4.12. The van der Waals surface area contributed by atoms with Gasteiger partial charge in [-0.1, -0.05) is 17.7 Å². The van der Waals surface area contributed by atoms with E-state index in [1.165, 1.54) is 5.56 Å². The number of benzene rings is 1. The lowest BCUT2D eigenvalue weighted by atomic mass is 9.97. The molecule has 1 aromatic carbocycles. The average Bonchev–Trinajstić information content (AvgIpc) is 2.36. The Balaban J connectivity index is 1.99. The van der Waals surface area contributed by atoms with Crippen molar-refractivity contribution in [2.24, 2.45) is 0 Å². The molecule has 1 saturated heterocycles. The van der Waals surface area contributed by atoms with E-state index < -0.39 is 0 Å². The first-order valence-corrected chi connectivity index (χ1v) is 7.01. The Morgan fingerprint density at radius 3 is 2.37 bits per heavy atom. The number of nitrogens with one attached hydrogen (secondary N) is 1. The Morgan fingerprint density at radius 1 is 1.21 bits per heavy atom. The van der Waals surface area contributed by atoms with Crippen LogP contribution in [0.25, 0.3) is 0 Å². The lowest BCUT2D eigenvalue weighted by Crippen LogP contribution is -2.33. The van der Waals surface area contributed by atoms with Crippen LogP contribution in [-0.2, 0) is 4.74 Å². The van der Waals surface area contributed by atoms with Crippen LogP contribution in [0.15, 0.2) is 12.1 Å². The van der Waals surface area contributed by atoms with Gasteiger partial charge in [0, 0.05) is 5.56 Å². The second kappa shape index (κ2) is 6.31. The monoisotopic (exact) mass is 261 g/mol. The van der Waals surface area contributed by atoms with Crippen LogP contribution in [0.4, 0.5) is 0 Å². The number of hydrogen-bond acceptors (Lipinski definition) is 3. The third-order valence-corrected chi connectivity index (χ3v) is 3.69. The number of ketones is 1. The Hall–Kier alpha value is -1.19. The van der Waals surface area contributed by atoms with Gasteiger partial charge in [0.1, 0.15) is 6.61 Å². The molecule has 0 bridgehead atoms. The molecule has 0 aromatic heterocycles. The van der Waals surface area contributed by atoms with E-state index in [2.05, 4.69) is 24.4 Å². The lowest BCUT2D eigenvalue weighted by molar-refractivity contribution is 0.0317. The molecule has 1 fully saturated rings. The van der Waals surface area contributed by atoms with Gasteiger partial charge < -0.3 is 10.1 Å². The summed E-state index contributed by atoms with van der Waals surface area (Å²) in [6.45, 7) is 8.23. The number of Topliss-reactive ketones (excluding diaryl/α,β-unsaturated/α-hetero) is 1. The topological polar surface area (TPSA) is 38.3 Å². The normalized spacial score (nSPS) is 16.6. The molecule has 0 aliphatic carbocycles. The van der Waals surface area contributed by atoms with Crippen molar-refractivity contribution >= 4 is 5.78 Å². The summed E-state index contributed by atoms with van der Waals surface area (Å²) in [5, 5.41) is 3.29. The Morgan fingerprint density at radius 2 is 1.79 bits per heavy atom. The predicted molar refractivity (Wildman–Crippen MR) is 76.8 cm³/mol. The number of carbonyl (C=O) groups excluding carboxylic acids is 1. The summed E-state index contributed by atoms with van der Waals surface area (Å²) >= 11 is 0. The highest BCUT2D eigenvalue weighted by atomic mass is 16.5. The van der Waals surface area contributed by atoms with Crippen molar-refractivity contribution in [3.05, 3.63) is 34.4 Å². The fraction of sp³-hybridized carbons (Fsp3) is 0.562. The summed E-state index contributed by atoms with van der Waals surface area (Å²) in [4.78, 5) is 12.3. The maximum atomic E-state index is 12.3. The Labute approximate surface area is 115 Å². The molecule has 1 aromatic rings. The van der Waals surface area contributed by atoms with E-state index in [0.29, 0.717) is 0 Å². The van der Waals surface area contributed by atoms with Crippen LogP contribution in [0.5, 0.6) is 0 Å². The number of piperidine rings is 1. The van der Waals surface area contributed by atoms with Crippen molar-refractivity contribution in [3.8, 4) is 0 Å². The van der Waals surface area contributed by atoms with Crippen LogP contribution >= 0.6 is 0 Å². The minimum absolute atomic E-state index is 0.105. The third kappa shape index (κ3) is 3.64. The van der Waals surface area contributed by atoms with E-state index in [1.54, 1.807) is 0 Å². The molecule has 3 heteroatoms. The van der Waals surface area contributed by atoms with Crippen LogP contribution in [0, 0.1) is 20.8 Å². The van der Waals surface area contributed by atoms with E-state index in [1.807, 2.05) is 13.8 Å². The summed E-state index contributed by atoms with van der Waals surface area (Å²) < 4.78 is 5.75. The first kappa shape index (κ1) is 14.2. The molecule has 1 heterocycles. The molecule has 0 unspecified atom stereocenters. The minimum Gasteiger partial charge on any atom is -0.370 e. The van der Waals surface area contributed by atoms with Gasteiger partial charge >= 0.3 is 0 Å². The molecule has 0 radical (unpaired) electrons. The van der Waals surface area contributed by atoms with Crippen molar-refractivity contribution in [1.29, 1.82) is 0 Å². The van der Waals surface area contributed by atoms with Crippen molar-refractivity contribution in [2.75, 3.05) is 19.7 Å². The minimum atomic E-state index is 0.105. The fourth-order valence-corrected chi connectivity index (χ4v) is 2.85. The molecule has 1 aliphatic rings. The van der Waals surface area contributed by atoms with Gasteiger partial charge in [0.25, 0.3) is 0 Å². The van der Waals surface area contributed by atoms with Gasteiger partial charge in [-0.15, -0.1) is 0 Å². The Kier molecular flexibility index (Phi) is 4.72. The van der Waals surface area contributed by atoms with Gasteiger partial charge in [0.2, 0.25) is 0 Å². The highest BCUT2D eigenvalue weighted by molar-refractivity contribution is 5.99. The quantitative estimate of drug-likeness (QED) is 0.847. The molecular weight excluding hydrogens is 238 g/mol. The first-order chi connectivity index (χ1) is 9.08. The molecule has 1 N–H and O–H groups in total. The van der Waals surface area contributed by atoms with Gasteiger partial charge in [-0.25, -0.2) is 0 Å². The number of aryl methyl sites for hydroxylation is 3. The van der Waals surface area contributed by atoms with Crippen molar-refractivity contribution in [1.82, 2.24) is 5.32 Å². The highest BCUT2D eigenvalue weighted by Crippen LogP contribution is 2.18. The van der Waals surface area contributed by atoms with E-state index >= 15 is 0 Å². The number of ether oxygens (including phenoxy) is 1. The number of rotatable bonds is 4. The molecule has 19 heavy (non-hydrogen) atoms. The van der Waals surface area contributed by atoms with E-state index in [-0.39, 0.29) is 18.5 Å². The molecular formula is C16H23NO2. The zero-order chi connectivity index (χ0) is 13.8. The average molecular weight is 261 g/mol. The maximum absolute atomic E-state index is 12.3. The summed E-state index contributed by atoms with van der Waals surface area (Å²) in [5.41, 5.74) is 4.14. The number of hydrogen-bond donors (Lipinski definition) is 1. The largest absolute Gasteiger partial charge is 0.370 e. The van der Waals surface area contributed by atoms with Gasteiger partial charge in [-0.05, 0) is 57.8 Å². The SMILES string of the molecule is Cc1cc(C)c(C(=O)COC2CCNCC2)c(C)c1. The second-order valence-electron chi connectivity index (χ2n) is 5.46. The van der Waals surface area contributed by atoms with Gasteiger partial charge in [-0.3, -0.25) is 4.79 Å². The zero-order valence-electron chi connectivity index (χ0n) is 12.1. The van der Waals surface area contributed by atoms with Crippen LogP contribution in [0.1, 0.15) is 39.9 Å². The molecule has 0 atom stereocenters. The highest BCUT2D eigenvalue weighted by Gasteiger charge is 2.17. The van der Waals surface area contributed by atoms with Gasteiger partial charge in [0.15, 0.2) is 5.78 Å². The maximum Gasteiger partial charge on any atom is 0.189 e. The van der Waals surface area contributed by atoms with Crippen molar-refractivity contribution < 1.29 is 9.53 Å². The van der Waals surface area contributed by atoms with Crippen LogP contribution < -0.4 is 5.32 Å². The Bertz CT molecular complexity index is 439. The van der Waals surface area contributed by atoms with Crippen molar-refractivity contribution in [3.63, 3.8) is 0 Å². The fourth-order valence-electron chi connectivity index (χ4n) is 2.85. The van der Waals surface area contributed by atoms with E-state index in [0.717, 1.165) is 42.6 Å². The van der Waals surface area contributed by atoms with E-state index in [4.69, 9.17) is 4.74 Å². The molecule has 3 nitrogen and oxygen atoms in total. The van der Waals surface area contributed by atoms with Gasteiger partial charge in [-0.2, -0.15) is 0 Å². The number of carbonyl (C=O) groups is 1. The summed E-state index contributed by atoms with van der Waals surface area (Å²) in [6.07, 6.45) is 2.23. The zero-order valence-corrected chi connectivity index (χ0v) is 12.1. The van der Waals surface area contributed by atoms with E-state index in [9.17, 15) is 4.79 Å². The molecule has 0 amide bonds. The molecule has 0 spiro atoms. The van der Waals surface area contributed by atoms with Crippen LogP contribution in [0.2, 0.25) is 0 Å². The van der Waals surface area contributed by atoms with Crippen LogP contribution in [0.3, 0.4) is 0 Å². The van der Waals surface area contributed by atoms with Crippen LogP contribution in [-0.4, -0.2) is 31.6 Å². The lowest BCUT2D eigenvalue weighted by Gasteiger charge is -2.23. The molecule has 1 aliphatic heterocycles. The smallest absolute Gasteiger partial charge is 0.189 e. The summed E-state index contributed by atoms with van der Waals surface area (Å²) in [5.74, 6) is 0.105. The standard InChI is InChI=1S/C16H23NO2/c1-11-8-12(2)16(13(3)9-11)15(18)10-19-14-4-6-17-7-5-14/h8-9,14,17H,4-7,10H2,1-3H3. The third-order valence-electron chi connectivity index (χ3n) is 3.69. The van der Waals surface area contributed by atoms with Crippen molar-refractivity contribution in [2.45, 2.75) is 39.7 Å².